The molecular formula is C15H11N3O2. The second-order valence-corrected chi connectivity index (χ2v) is 4.22. The third-order valence-electron chi connectivity index (χ3n) is 3.03. The van der Waals surface area contributed by atoms with Crippen LogP contribution in [-0.2, 0) is 4.79 Å². The van der Waals surface area contributed by atoms with Gasteiger partial charge in [-0.3, -0.25) is 14.5 Å². The molecule has 1 aliphatic heterocycles. The second kappa shape index (κ2) is 4.62. The van der Waals surface area contributed by atoms with Gasteiger partial charge in [-0.2, -0.15) is 0 Å². The fourth-order valence-electron chi connectivity index (χ4n) is 2.15. The molecule has 0 bridgehead atoms. The van der Waals surface area contributed by atoms with Crippen molar-refractivity contribution < 1.29 is 9.59 Å². The van der Waals surface area contributed by atoms with Crippen molar-refractivity contribution in [1.29, 1.82) is 0 Å². The zero-order valence-corrected chi connectivity index (χ0v) is 10.5. The molecule has 2 aromatic rings. The summed E-state index contributed by atoms with van der Waals surface area (Å²) in [5.74, 6) is -0.223. The lowest BCUT2D eigenvalue weighted by atomic mass is 10.1. The third-order valence-corrected chi connectivity index (χ3v) is 3.03. The van der Waals surface area contributed by atoms with Crippen LogP contribution in [-0.4, -0.2) is 16.8 Å². The summed E-state index contributed by atoms with van der Waals surface area (Å²) in [7, 11) is 0. The van der Waals surface area contributed by atoms with E-state index in [1.807, 2.05) is 0 Å². The van der Waals surface area contributed by atoms with Crippen LogP contribution in [0.2, 0.25) is 0 Å². The molecule has 98 valence electrons. The lowest BCUT2D eigenvalue weighted by molar-refractivity contribution is -0.113. The smallest absolute Gasteiger partial charge is 0.257 e. The van der Waals surface area contributed by atoms with Gasteiger partial charge in [0.25, 0.3) is 11.8 Å². The Morgan fingerprint density at radius 2 is 2.05 bits per heavy atom. The van der Waals surface area contributed by atoms with E-state index in [2.05, 4.69) is 16.9 Å². The molecule has 0 unspecified atom stereocenters. The van der Waals surface area contributed by atoms with E-state index in [9.17, 15) is 9.59 Å². The van der Waals surface area contributed by atoms with Gasteiger partial charge < -0.3 is 5.32 Å². The quantitative estimate of drug-likeness (QED) is 0.806. The number of amides is 2. The lowest BCUT2D eigenvalue weighted by Gasteiger charge is -2.20. The van der Waals surface area contributed by atoms with Crippen molar-refractivity contribution in [3.63, 3.8) is 0 Å². The number of rotatable bonds is 1. The summed E-state index contributed by atoms with van der Waals surface area (Å²) in [5.41, 5.74) is 1.40. The van der Waals surface area contributed by atoms with E-state index >= 15 is 0 Å². The minimum Gasteiger partial charge on any atom is -0.319 e. The highest BCUT2D eigenvalue weighted by molar-refractivity contribution is 6.18. The molecule has 3 rings (SSSR count). The van der Waals surface area contributed by atoms with Crippen LogP contribution >= 0.6 is 0 Å². The van der Waals surface area contributed by atoms with Gasteiger partial charge in [0.2, 0.25) is 0 Å². The Morgan fingerprint density at radius 3 is 2.85 bits per heavy atom. The first-order valence-electron chi connectivity index (χ1n) is 6.04. The number of anilines is 3. The van der Waals surface area contributed by atoms with Crippen LogP contribution in [0.15, 0.2) is 55.3 Å². The maximum absolute atomic E-state index is 12.2. The van der Waals surface area contributed by atoms with E-state index in [4.69, 9.17) is 0 Å². The van der Waals surface area contributed by atoms with Crippen LogP contribution in [0.4, 0.5) is 17.2 Å². The van der Waals surface area contributed by atoms with Crippen molar-refractivity contribution in [3.8, 4) is 0 Å². The highest BCUT2D eigenvalue weighted by Crippen LogP contribution is 2.36. The van der Waals surface area contributed by atoms with E-state index in [-0.39, 0.29) is 11.8 Å². The molecule has 0 saturated carbocycles. The topological polar surface area (TPSA) is 62.3 Å². The second-order valence-electron chi connectivity index (χ2n) is 4.22. The van der Waals surface area contributed by atoms with Gasteiger partial charge in [0.05, 0.1) is 16.9 Å². The normalized spacial score (nSPS) is 12.8. The average Bonchev–Trinajstić information content (AvgIpc) is 2.61. The summed E-state index contributed by atoms with van der Waals surface area (Å²) in [5, 5.41) is 2.76. The molecule has 0 radical (unpaired) electrons. The fourth-order valence-corrected chi connectivity index (χ4v) is 2.15. The maximum atomic E-state index is 12.2. The SMILES string of the molecule is C=CC(=O)N1c2ccccc2C(=O)Nc2cccnc21. The van der Waals surface area contributed by atoms with E-state index in [1.165, 1.54) is 11.0 Å². The highest BCUT2D eigenvalue weighted by atomic mass is 16.2. The summed E-state index contributed by atoms with van der Waals surface area (Å²) in [4.78, 5) is 30.0. The van der Waals surface area contributed by atoms with Gasteiger partial charge in [-0.05, 0) is 30.3 Å². The Hall–Kier alpha value is -2.95. The van der Waals surface area contributed by atoms with Gasteiger partial charge in [0.15, 0.2) is 5.82 Å². The predicted molar refractivity (Wildman–Crippen MR) is 76.0 cm³/mol. The first-order valence-corrected chi connectivity index (χ1v) is 6.04. The van der Waals surface area contributed by atoms with Gasteiger partial charge in [-0.25, -0.2) is 4.98 Å². The van der Waals surface area contributed by atoms with Crippen LogP contribution in [0.25, 0.3) is 0 Å². The molecule has 0 atom stereocenters. The van der Waals surface area contributed by atoms with Crippen molar-refractivity contribution in [2.24, 2.45) is 0 Å². The monoisotopic (exact) mass is 265 g/mol. The van der Waals surface area contributed by atoms with Crippen LogP contribution in [0.3, 0.4) is 0 Å². The number of nitrogens with one attached hydrogen (secondary N) is 1. The predicted octanol–water partition coefficient (Wildman–Crippen LogP) is 2.50. The summed E-state index contributed by atoms with van der Waals surface area (Å²) >= 11 is 0. The van der Waals surface area contributed by atoms with Crippen molar-refractivity contribution in [1.82, 2.24) is 4.98 Å². The standard InChI is InChI=1S/C15H11N3O2/c1-2-13(19)18-12-8-4-3-6-10(12)15(20)17-11-7-5-9-16-14(11)18/h2-9H,1H2,(H,17,20). The first kappa shape index (κ1) is 12.1. The largest absolute Gasteiger partial charge is 0.319 e. The number of pyridine rings is 1. The molecule has 1 N–H and O–H groups in total. The van der Waals surface area contributed by atoms with Crippen LogP contribution in [0, 0.1) is 0 Å². The molecule has 5 nitrogen and oxygen atoms in total. The highest BCUT2D eigenvalue weighted by Gasteiger charge is 2.28. The molecule has 1 aliphatic rings. The molecule has 2 amide bonds. The van der Waals surface area contributed by atoms with Gasteiger partial charge >= 0.3 is 0 Å². The number of hydrogen-bond donors (Lipinski definition) is 1. The van der Waals surface area contributed by atoms with E-state index in [0.717, 1.165) is 0 Å². The molecule has 0 saturated heterocycles. The van der Waals surface area contributed by atoms with E-state index in [0.29, 0.717) is 22.8 Å². The summed E-state index contributed by atoms with van der Waals surface area (Å²) < 4.78 is 0. The number of fused-ring (bicyclic) bond motifs is 2. The average molecular weight is 265 g/mol. The van der Waals surface area contributed by atoms with E-state index < -0.39 is 0 Å². The zero-order chi connectivity index (χ0) is 14.1. The Balaban J connectivity index is 2.32. The maximum Gasteiger partial charge on any atom is 0.257 e. The van der Waals surface area contributed by atoms with Gasteiger partial charge in [-0.15, -0.1) is 0 Å². The number of aromatic nitrogens is 1. The van der Waals surface area contributed by atoms with Crippen LogP contribution in [0.5, 0.6) is 0 Å². The lowest BCUT2D eigenvalue weighted by Crippen LogP contribution is -2.25. The summed E-state index contributed by atoms with van der Waals surface area (Å²) in [6.07, 6.45) is 2.77. The molecule has 1 aromatic carbocycles. The Bertz CT molecular complexity index is 725. The van der Waals surface area contributed by atoms with Crippen molar-refractivity contribution in [3.05, 3.63) is 60.8 Å². The Kier molecular flexibility index (Phi) is 2.80. The summed E-state index contributed by atoms with van der Waals surface area (Å²) in [6.45, 7) is 3.51. The minimum atomic E-state index is -0.339. The van der Waals surface area contributed by atoms with Gasteiger partial charge in [-0.1, -0.05) is 18.7 Å². The number of carbonyl (C=O) groups excluding carboxylic acids is 2. The molecule has 0 aliphatic carbocycles. The fraction of sp³-hybridized carbons (Fsp3) is 0. The number of benzene rings is 1. The van der Waals surface area contributed by atoms with Crippen molar-refractivity contribution in [2.45, 2.75) is 0 Å². The van der Waals surface area contributed by atoms with Gasteiger partial charge in [0.1, 0.15) is 0 Å². The first-order chi connectivity index (χ1) is 9.72. The summed E-state index contributed by atoms with van der Waals surface area (Å²) in [6, 6.07) is 10.3. The Morgan fingerprint density at radius 1 is 1.25 bits per heavy atom. The number of nitrogens with zero attached hydrogens (tertiary/aromatic N) is 2. The number of hydrogen-bond acceptors (Lipinski definition) is 3. The van der Waals surface area contributed by atoms with Crippen molar-refractivity contribution >= 4 is 29.0 Å². The van der Waals surface area contributed by atoms with Crippen LogP contribution < -0.4 is 10.2 Å². The third kappa shape index (κ3) is 1.76. The number of para-hydroxylation sites is 1. The zero-order valence-electron chi connectivity index (χ0n) is 10.5. The molecule has 5 heteroatoms. The molecule has 20 heavy (non-hydrogen) atoms. The molecular weight excluding hydrogens is 254 g/mol. The minimum absolute atomic E-state index is 0.269. The van der Waals surface area contributed by atoms with E-state index in [1.54, 1.807) is 42.6 Å². The van der Waals surface area contributed by atoms with Crippen LogP contribution in [0.1, 0.15) is 10.4 Å². The number of carbonyl (C=O) groups is 2. The van der Waals surface area contributed by atoms with Gasteiger partial charge in [0, 0.05) is 6.20 Å². The molecule has 2 heterocycles. The Labute approximate surface area is 115 Å². The molecule has 0 spiro atoms. The molecule has 1 aromatic heterocycles. The van der Waals surface area contributed by atoms with Crippen molar-refractivity contribution in [2.75, 3.05) is 10.2 Å². The molecule has 0 fully saturated rings.